The van der Waals surface area contributed by atoms with Gasteiger partial charge in [0.25, 0.3) is 0 Å². The minimum Gasteiger partial charge on any atom is -0.492 e. The molecule has 3 atom stereocenters. The Balaban J connectivity index is 1.76. The number of amides is 1. The maximum Gasteiger partial charge on any atom is 0.318 e. The molecule has 1 aromatic carbocycles. The van der Waals surface area contributed by atoms with Crippen molar-refractivity contribution in [2.75, 3.05) is 25.5 Å². The number of ether oxygens (including phenoxy) is 2. The van der Waals surface area contributed by atoms with Crippen molar-refractivity contribution in [3.63, 3.8) is 0 Å². The fourth-order valence-corrected chi connectivity index (χ4v) is 4.33. The molecule has 8 heteroatoms. The van der Waals surface area contributed by atoms with Crippen LogP contribution in [0.4, 0.5) is 4.39 Å². The van der Waals surface area contributed by atoms with E-state index < -0.39 is 23.2 Å². The molecular formula is C17H19FN2O4S. The Morgan fingerprint density at radius 1 is 1.56 bits per heavy atom. The lowest BCUT2D eigenvalue weighted by Crippen LogP contribution is -2.72. The van der Waals surface area contributed by atoms with Gasteiger partial charge in [0.05, 0.1) is 0 Å². The largest absolute Gasteiger partial charge is 0.492 e. The summed E-state index contributed by atoms with van der Waals surface area (Å²) in [4.78, 5) is 26.2. The number of rotatable bonds is 6. The van der Waals surface area contributed by atoms with Crippen LogP contribution in [0.1, 0.15) is 0 Å². The topological polar surface area (TPSA) is 81.9 Å². The van der Waals surface area contributed by atoms with Crippen molar-refractivity contribution in [3.8, 4) is 5.75 Å². The number of nitrogens with two attached hydrogens (primary N) is 1. The standard InChI is InChI=1S/C17H19FN2O4S/c1-2-6-23-16(22)17(9-24-12-5-3-4-11(18)7-12)8-20-14(21)13(19)15(20)25-10-17/h2-5,7,13,15H,1,6,8-10,19H2/t13?,15-,17?/m1/s1. The van der Waals surface area contributed by atoms with Crippen LogP contribution in [0, 0.1) is 11.2 Å². The molecule has 2 heterocycles. The Morgan fingerprint density at radius 3 is 3.08 bits per heavy atom. The van der Waals surface area contributed by atoms with E-state index in [4.69, 9.17) is 15.2 Å². The van der Waals surface area contributed by atoms with Gasteiger partial charge in [0.15, 0.2) is 0 Å². The summed E-state index contributed by atoms with van der Waals surface area (Å²) >= 11 is 1.43. The van der Waals surface area contributed by atoms with E-state index in [2.05, 4.69) is 6.58 Å². The van der Waals surface area contributed by atoms with Gasteiger partial charge in [0, 0.05) is 18.4 Å². The van der Waals surface area contributed by atoms with Crippen molar-refractivity contribution in [3.05, 3.63) is 42.7 Å². The summed E-state index contributed by atoms with van der Waals surface area (Å²) in [5.74, 6) is -0.371. The first kappa shape index (κ1) is 17.8. The highest BCUT2D eigenvalue weighted by Crippen LogP contribution is 2.42. The molecule has 0 aliphatic carbocycles. The van der Waals surface area contributed by atoms with Gasteiger partial charge < -0.3 is 20.1 Å². The van der Waals surface area contributed by atoms with Crippen LogP contribution in [-0.4, -0.2) is 53.7 Å². The van der Waals surface area contributed by atoms with E-state index in [-0.39, 0.29) is 31.0 Å². The van der Waals surface area contributed by atoms with Crippen LogP contribution in [0.25, 0.3) is 0 Å². The quantitative estimate of drug-likeness (QED) is 0.462. The highest BCUT2D eigenvalue weighted by molar-refractivity contribution is 8.00. The zero-order valence-electron chi connectivity index (χ0n) is 13.5. The van der Waals surface area contributed by atoms with Gasteiger partial charge in [0.2, 0.25) is 5.91 Å². The molecule has 0 spiro atoms. The van der Waals surface area contributed by atoms with Gasteiger partial charge in [-0.15, -0.1) is 11.8 Å². The monoisotopic (exact) mass is 366 g/mol. The number of nitrogens with zero attached hydrogens (tertiary/aromatic N) is 1. The van der Waals surface area contributed by atoms with Crippen LogP contribution in [0.5, 0.6) is 5.75 Å². The van der Waals surface area contributed by atoms with Crippen LogP contribution in [0.3, 0.4) is 0 Å². The number of β-lactam (4-membered cyclic amide) rings is 1. The number of fused-ring (bicyclic) bond motifs is 1. The number of carbonyl (C=O) groups excluding carboxylic acids is 2. The minimum absolute atomic E-state index is 0.0227. The molecule has 1 amide bonds. The number of esters is 1. The lowest BCUT2D eigenvalue weighted by Gasteiger charge is -2.52. The zero-order chi connectivity index (χ0) is 18.0. The number of hydrogen-bond donors (Lipinski definition) is 1. The molecule has 0 radical (unpaired) electrons. The van der Waals surface area contributed by atoms with Crippen LogP contribution in [-0.2, 0) is 14.3 Å². The first-order valence-corrected chi connectivity index (χ1v) is 8.86. The van der Waals surface area contributed by atoms with Gasteiger partial charge in [-0.25, -0.2) is 4.39 Å². The third-order valence-electron chi connectivity index (χ3n) is 4.26. The minimum atomic E-state index is -1.04. The van der Waals surface area contributed by atoms with E-state index in [0.717, 1.165) is 0 Å². The highest BCUT2D eigenvalue weighted by atomic mass is 32.2. The van der Waals surface area contributed by atoms with Crippen molar-refractivity contribution in [1.29, 1.82) is 0 Å². The molecule has 6 nitrogen and oxygen atoms in total. The Bertz CT molecular complexity index is 701. The van der Waals surface area contributed by atoms with Crippen molar-refractivity contribution in [1.82, 2.24) is 4.90 Å². The highest BCUT2D eigenvalue weighted by Gasteiger charge is 2.56. The van der Waals surface area contributed by atoms with Gasteiger partial charge in [-0.1, -0.05) is 18.7 Å². The van der Waals surface area contributed by atoms with Crippen LogP contribution >= 0.6 is 11.8 Å². The van der Waals surface area contributed by atoms with Gasteiger partial charge in [-0.05, 0) is 12.1 Å². The summed E-state index contributed by atoms with van der Waals surface area (Å²) in [6.45, 7) is 3.75. The summed E-state index contributed by atoms with van der Waals surface area (Å²) < 4.78 is 24.2. The number of thioether (sulfide) groups is 1. The summed E-state index contributed by atoms with van der Waals surface area (Å²) in [6.07, 6.45) is 1.47. The molecular weight excluding hydrogens is 347 g/mol. The molecule has 2 aliphatic heterocycles. The maximum absolute atomic E-state index is 13.3. The first-order chi connectivity index (χ1) is 12.0. The third-order valence-corrected chi connectivity index (χ3v) is 5.87. The molecule has 2 N–H and O–H groups in total. The van der Waals surface area contributed by atoms with Gasteiger partial charge >= 0.3 is 5.97 Å². The second-order valence-corrected chi connectivity index (χ2v) is 7.21. The van der Waals surface area contributed by atoms with Crippen molar-refractivity contribution < 1.29 is 23.5 Å². The second-order valence-electron chi connectivity index (χ2n) is 6.11. The van der Waals surface area contributed by atoms with Gasteiger partial charge in [-0.2, -0.15) is 0 Å². The fraction of sp³-hybridized carbons (Fsp3) is 0.412. The molecule has 2 fully saturated rings. The Kier molecular flexibility index (Phi) is 5.01. The zero-order valence-corrected chi connectivity index (χ0v) is 14.3. The molecule has 2 aliphatic rings. The summed E-state index contributed by atoms with van der Waals surface area (Å²) in [6, 6.07) is 5.15. The van der Waals surface area contributed by atoms with Crippen molar-refractivity contribution in [2.24, 2.45) is 11.1 Å². The summed E-state index contributed by atoms with van der Waals surface area (Å²) in [7, 11) is 0. The number of carbonyl (C=O) groups is 2. The Labute approximate surface area is 149 Å². The molecule has 2 saturated heterocycles. The molecule has 3 rings (SSSR count). The SMILES string of the molecule is C=CCOC(=O)C1(COc2cccc(F)c2)CS[C@@H]2C(N)C(=O)N2C1. The predicted molar refractivity (Wildman–Crippen MR) is 91.4 cm³/mol. The van der Waals surface area contributed by atoms with Crippen molar-refractivity contribution >= 4 is 23.6 Å². The lowest BCUT2D eigenvalue weighted by molar-refractivity contribution is -0.162. The number of halogens is 1. The average molecular weight is 366 g/mol. The first-order valence-electron chi connectivity index (χ1n) is 7.81. The Morgan fingerprint density at radius 2 is 2.36 bits per heavy atom. The fourth-order valence-electron chi connectivity index (χ4n) is 2.86. The molecule has 134 valence electrons. The van der Waals surface area contributed by atoms with Crippen LogP contribution in [0.15, 0.2) is 36.9 Å². The van der Waals surface area contributed by atoms with E-state index in [1.807, 2.05) is 0 Å². The van der Waals surface area contributed by atoms with Crippen LogP contribution in [0.2, 0.25) is 0 Å². The summed E-state index contributed by atoms with van der Waals surface area (Å²) in [5.41, 5.74) is 4.75. The third kappa shape index (κ3) is 3.36. The average Bonchev–Trinajstić information content (AvgIpc) is 2.63. The summed E-state index contributed by atoms with van der Waals surface area (Å²) in [5, 5.41) is -0.123. The second kappa shape index (κ2) is 7.05. The maximum atomic E-state index is 13.3. The van der Waals surface area contributed by atoms with Gasteiger partial charge in [-0.3, -0.25) is 9.59 Å². The molecule has 1 aromatic rings. The number of benzene rings is 1. The lowest BCUT2D eigenvalue weighted by atomic mass is 9.88. The molecule has 25 heavy (non-hydrogen) atoms. The predicted octanol–water partition coefficient (Wildman–Crippen LogP) is 1.16. The molecule has 0 saturated carbocycles. The van der Waals surface area contributed by atoms with E-state index >= 15 is 0 Å². The van der Waals surface area contributed by atoms with Crippen LogP contribution < -0.4 is 10.5 Å². The molecule has 0 bridgehead atoms. The van der Waals surface area contributed by atoms with E-state index in [9.17, 15) is 14.0 Å². The van der Waals surface area contributed by atoms with Crippen molar-refractivity contribution in [2.45, 2.75) is 11.4 Å². The van der Waals surface area contributed by atoms with E-state index in [1.165, 1.54) is 36.0 Å². The normalized spacial score (nSPS) is 27.9. The van der Waals surface area contributed by atoms with Gasteiger partial charge in [0.1, 0.15) is 41.6 Å². The molecule has 0 aromatic heterocycles. The Hall–Kier alpha value is -2.06. The number of hydrogen-bond acceptors (Lipinski definition) is 6. The van der Waals surface area contributed by atoms with E-state index in [0.29, 0.717) is 11.5 Å². The molecule has 2 unspecified atom stereocenters. The van der Waals surface area contributed by atoms with E-state index in [1.54, 1.807) is 11.0 Å². The smallest absolute Gasteiger partial charge is 0.318 e.